The Morgan fingerprint density at radius 1 is 0.880 bits per heavy atom. The Balaban J connectivity index is 1.75. The van der Waals surface area contributed by atoms with Crippen molar-refractivity contribution in [2.75, 3.05) is 11.8 Å². The number of H-pyrrole nitrogens is 1. The molecular weight excluding hydrogens is 336 g/mol. The highest BCUT2D eigenvalue weighted by Crippen LogP contribution is 2.28. The number of hydrogen-bond donors (Lipinski definition) is 2. The maximum Gasteiger partial charge on any atom is 0.261 e. The van der Waals surface area contributed by atoms with Crippen molar-refractivity contribution >= 4 is 37.5 Å². The van der Waals surface area contributed by atoms with Crippen molar-refractivity contribution in [3.63, 3.8) is 0 Å². The van der Waals surface area contributed by atoms with Crippen molar-refractivity contribution in [1.82, 2.24) is 4.98 Å². The minimum atomic E-state index is -3.68. The zero-order valence-electron chi connectivity index (χ0n) is 13.5. The third-order valence-electron chi connectivity index (χ3n) is 4.13. The number of hydrogen-bond acceptors (Lipinski definition) is 3. The number of fused-ring (bicyclic) bond motifs is 3. The van der Waals surface area contributed by atoms with Crippen molar-refractivity contribution in [3.05, 3.63) is 66.7 Å². The molecule has 4 aromatic rings. The van der Waals surface area contributed by atoms with E-state index < -0.39 is 10.0 Å². The molecule has 0 fully saturated rings. The lowest BCUT2D eigenvalue weighted by Crippen LogP contribution is -2.12. The second-order valence-electron chi connectivity index (χ2n) is 5.71. The summed E-state index contributed by atoms with van der Waals surface area (Å²) in [6.07, 6.45) is 0. The first kappa shape index (κ1) is 15.5. The Labute approximate surface area is 145 Å². The smallest absolute Gasteiger partial charge is 0.261 e. The van der Waals surface area contributed by atoms with Gasteiger partial charge in [0.05, 0.1) is 12.0 Å². The van der Waals surface area contributed by atoms with E-state index in [1.165, 1.54) is 0 Å². The Kier molecular flexibility index (Phi) is 3.62. The van der Waals surface area contributed by atoms with E-state index in [1.807, 2.05) is 24.3 Å². The van der Waals surface area contributed by atoms with Crippen molar-refractivity contribution < 1.29 is 13.2 Å². The number of methoxy groups -OCH3 is 1. The van der Waals surface area contributed by atoms with Gasteiger partial charge in [0.1, 0.15) is 5.75 Å². The first-order valence-corrected chi connectivity index (χ1v) is 9.22. The summed E-state index contributed by atoms with van der Waals surface area (Å²) >= 11 is 0. The Hall–Kier alpha value is -2.99. The fourth-order valence-electron chi connectivity index (χ4n) is 2.87. The number of para-hydroxylation sites is 1. The van der Waals surface area contributed by atoms with Gasteiger partial charge in [-0.25, -0.2) is 8.42 Å². The number of aromatic amines is 1. The molecule has 2 N–H and O–H groups in total. The summed E-state index contributed by atoms with van der Waals surface area (Å²) in [5, 5.41) is 1.88. The average Bonchev–Trinajstić information content (AvgIpc) is 3.00. The van der Waals surface area contributed by atoms with Crippen LogP contribution in [0, 0.1) is 0 Å². The number of ether oxygens (including phenoxy) is 1. The van der Waals surface area contributed by atoms with Crippen LogP contribution in [0.1, 0.15) is 0 Å². The van der Waals surface area contributed by atoms with Crippen LogP contribution in [-0.4, -0.2) is 20.5 Å². The average molecular weight is 352 g/mol. The minimum Gasteiger partial charge on any atom is -0.497 e. The minimum absolute atomic E-state index is 0.223. The molecule has 0 aliphatic rings. The summed E-state index contributed by atoms with van der Waals surface area (Å²) in [6, 6.07) is 19.7. The summed E-state index contributed by atoms with van der Waals surface area (Å²) in [5.74, 6) is 0.670. The number of anilines is 1. The summed E-state index contributed by atoms with van der Waals surface area (Å²) in [6.45, 7) is 0. The molecular formula is C19H16N2O3S. The fourth-order valence-corrected chi connectivity index (χ4v) is 3.95. The van der Waals surface area contributed by atoms with Gasteiger partial charge in [0.25, 0.3) is 10.0 Å². The second-order valence-corrected chi connectivity index (χ2v) is 7.39. The van der Waals surface area contributed by atoms with E-state index in [0.717, 1.165) is 21.8 Å². The molecule has 0 radical (unpaired) electrons. The molecule has 1 aromatic heterocycles. The summed E-state index contributed by atoms with van der Waals surface area (Å²) in [7, 11) is -2.11. The van der Waals surface area contributed by atoms with Gasteiger partial charge in [-0.2, -0.15) is 0 Å². The quantitative estimate of drug-likeness (QED) is 0.580. The molecule has 0 unspecified atom stereocenters. The van der Waals surface area contributed by atoms with E-state index in [0.29, 0.717) is 11.4 Å². The van der Waals surface area contributed by atoms with Crippen molar-refractivity contribution in [1.29, 1.82) is 0 Å². The number of rotatable bonds is 4. The van der Waals surface area contributed by atoms with Gasteiger partial charge < -0.3 is 9.72 Å². The normalized spacial score (nSPS) is 11.7. The van der Waals surface area contributed by atoms with Crippen LogP contribution >= 0.6 is 0 Å². The summed E-state index contributed by atoms with van der Waals surface area (Å²) < 4.78 is 33.1. The van der Waals surface area contributed by atoms with E-state index in [4.69, 9.17) is 4.74 Å². The first-order valence-electron chi connectivity index (χ1n) is 7.74. The molecule has 5 nitrogen and oxygen atoms in total. The molecule has 0 aliphatic heterocycles. The standard InChI is InChI=1S/C19H16N2O3S/c1-24-14-8-6-13(7-9-14)21-25(22,23)15-10-11-19-17(12-15)16-4-2-3-5-18(16)20-19/h2-12,20-21H,1H3. The molecule has 6 heteroatoms. The monoisotopic (exact) mass is 352 g/mol. The third kappa shape index (κ3) is 2.81. The van der Waals surface area contributed by atoms with Crippen molar-refractivity contribution in [2.45, 2.75) is 4.90 Å². The van der Waals surface area contributed by atoms with Gasteiger partial charge >= 0.3 is 0 Å². The first-order chi connectivity index (χ1) is 12.1. The molecule has 0 saturated carbocycles. The molecule has 0 saturated heterocycles. The van der Waals surface area contributed by atoms with E-state index in [2.05, 4.69) is 9.71 Å². The van der Waals surface area contributed by atoms with Crippen LogP contribution in [0.3, 0.4) is 0 Å². The van der Waals surface area contributed by atoms with Gasteiger partial charge in [0, 0.05) is 27.5 Å². The Morgan fingerprint density at radius 2 is 1.60 bits per heavy atom. The summed E-state index contributed by atoms with van der Waals surface area (Å²) in [4.78, 5) is 3.51. The second kappa shape index (κ2) is 5.82. The van der Waals surface area contributed by atoms with Crippen LogP contribution in [0.4, 0.5) is 5.69 Å². The molecule has 0 atom stereocenters. The fraction of sp³-hybridized carbons (Fsp3) is 0.0526. The van der Waals surface area contributed by atoms with Crippen LogP contribution in [0.15, 0.2) is 71.6 Å². The van der Waals surface area contributed by atoms with E-state index in [-0.39, 0.29) is 4.90 Å². The van der Waals surface area contributed by atoms with E-state index in [9.17, 15) is 8.42 Å². The van der Waals surface area contributed by atoms with Crippen molar-refractivity contribution in [2.24, 2.45) is 0 Å². The van der Waals surface area contributed by atoms with Gasteiger partial charge in [-0.1, -0.05) is 18.2 Å². The topological polar surface area (TPSA) is 71.2 Å². The lowest BCUT2D eigenvalue weighted by Gasteiger charge is -2.09. The third-order valence-corrected chi connectivity index (χ3v) is 5.51. The summed E-state index contributed by atoms with van der Waals surface area (Å²) in [5.41, 5.74) is 2.37. The Morgan fingerprint density at radius 3 is 2.36 bits per heavy atom. The number of aromatic nitrogens is 1. The van der Waals surface area contributed by atoms with Gasteiger partial charge in [0.15, 0.2) is 0 Å². The SMILES string of the molecule is COc1ccc(NS(=O)(=O)c2ccc3[nH]c4ccccc4c3c2)cc1. The van der Waals surface area contributed by atoms with E-state index in [1.54, 1.807) is 49.6 Å². The highest BCUT2D eigenvalue weighted by molar-refractivity contribution is 7.92. The molecule has 0 bridgehead atoms. The predicted octanol–water partition coefficient (Wildman–Crippen LogP) is 4.13. The van der Waals surface area contributed by atoms with Crippen LogP contribution < -0.4 is 9.46 Å². The zero-order chi connectivity index (χ0) is 17.4. The molecule has 0 amide bonds. The van der Waals surface area contributed by atoms with Crippen LogP contribution in [0.5, 0.6) is 5.75 Å². The van der Waals surface area contributed by atoms with Crippen molar-refractivity contribution in [3.8, 4) is 5.75 Å². The number of nitrogens with one attached hydrogen (secondary N) is 2. The van der Waals surface area contributed by atoms with Gasteiger partial charge in [-0.05, 0) is 48.5 Å². The highest BCUT2D eigenvalue weighted by atomic mass is 32.2. The molecule has 0 aliphatic carbocycles. The largest absolute Gasteiger partial charge is 0.497 e. The van der Waals surface area contributed by atoms with Gasteiger partial charge in [-0.15, -0.1) is 0 Å². The number of sulfonamides is 1. The van der Waals surface area contributed by atoms with Crippen LogP contribution in [0.25, 0.3) is 21.8 Å². The van der Waals surface area contributed by atoms with Gasteiger partial charge in [-0.3, -0.25) is 4.72 Å². The van der Waals surface area contributed by atoms with E-state index >= 15 is 0 Å². The molecule has 3 aromatic carbocycles. The predicted molar refractivity (Wildman–Crippen MR) is 99.6 cm³/mol. The van der Waals surface area contributed by atoms with Crippen LogP contribution in [-0.2, 0) is 10.0 Å². The molecule has 126 valence electrons. The zero-order valence-corrected chi connectivity index (χ0v) is 14.3. The lowest BCUT2D eigenvalue weighted by atomic mass is 10.1. The van der Waals surface area contributed by atoms with Gasteiger partial charge in [0.2, 0.25) is 0 Å². The maximum atomic E-state index is 12.7. The molecule has 0 spiro atoms. The molecule has 4 rings (SSSR count). The lowest BCUT2D eigenvalue weighted by molar-refractivity contribution is 0.415. The molecule has 1 heterocycles. The highest BCUT2D eigenvalue weighted by Gasteiger charge is 2.16. The molecule has 25 heavy (non-hydrogen) atoms. The maximum absolute atomic E-state index is 12.7. The Bertz CT molecular complexity index is 1160. The van der Waals surface area contributed by atoms with Crippen LogP contribution in [0.2, 0.25) is 0 Å². The number of benzene rings is 3.